The van der Waals surface area contributed by atoms with E-state index >= 15 is 0 Å². The van der Waals surface area contributed by atoms with Gasteiger partial charge in [-0.3, -0.25) is 9.69 Å². The van der Waals surface area contributed by atoms with Crippen molar-refractivity contribution >= 4 is 21.6 Å². The molecule has 3 rings (SSSR count). The molecule has 9 heteroatoms. The summed E-state index contributed by atoms with van der Waals surface area (Å²) in [5.74, 6) is 0.0768. The van der Waals surface area contributed by atoms with Crippen molar-refractivity contribution in [3.8, 4) is 5.75 Å². The van der Waals surface area contributed by atoms with E-state index < -0.39 is 10.0 Å². The average Bonchev–Trinajstić information content (AvgIpc) is 2.73. The minimum atomic E-state index is -3.75. The number of ether oxygens (including phenoxy) is 2. The van der Waals surface area contributed by atoms with Crippen molar-refractivity contribution in [2.75, 3.05) is 38.7 Å². The number of morpholine rings is 1. The third kappa shape index (κ3) is 6.02. The minimum Gasteiger partial charge on any atom is -0.495 e. The van der Waals surface area contributed by atoms with Gasteiger partial charge in [0.1, 0.15) is 5.75 Å². The number of carbonyl (C=O) groups is 1. The number of amides is 1. The van der Waals surface area contributed by atoms with Gasteiger partial charge >= 0.3 is 0 Å². The SMILES string of the molecule is COc1ccc(S(=O)(=O)NCc2ccc(CN3CCOCC3)cc2)cc1NC(C)=O. The number of nitrogens with one attached hydrogen (secondary N) is 2. The summed E-state index contributed by atoms with van der Waals surface area (Å²) < 4.78 is 38.5. The van der Waals surface area contributed by atoms with Gasteiger partial charge in [0, 0.05) is 33.1 Å². The van der Waals surface area contributed by atoms with Crippen molar-refractivity contribution in [1.82, 2.24) is 9.62 Å². The first-order valence-electron chi connectivity index (χ1n) is 9.70. The highest BCUT2D eigenvalue weighted by Gasteiger charge is 2.17. The van der Waals surface area contributed by atoms with Crippen molar-refractivity contribution < 1.29 is 22.7 Å². The maximum Gasteiger partial charge on any atom is 0.240 e. The fourth-order valence-electron chi connectivity index (χ4n) is 3.18. The van der Waals surface area contributed by atoms with Crippen LogP contribution in [0.5, 0.6) is 5.75 Å². The van der Waals surface area contributed by atoms with Gasteiger partial charge < -0.3 is 14.8 Å². The van der Waals surface area contributed by atoms with Gasteiger partial charge in [0.05, 0.1) is 30.9 Å². The fraction of sp³-hybridized carbons (Fsp3) is 0.381. The molecule has 0 unspecified atom stereocenters. The summed E-state index contributed by atoms with van der Waals surface area (Å²) in [6.07, 6.45) is 0. The Kier molecular flexibility index (Phi) is 7.43. The summed E-state index contributed by atoms with van der Waals surface area (Å²) in [5.41, 5.74) is 2.35. The number of methoxy groups -OCH3 is 1. The lowest BCUT2D eigenvalue weighted by Crippen LogP contribution is -2.35. The molecule has 0 aromatic heterocycles. The summed E-state index contributed by atoms with van der Waals surface area (Å²) >= 11 is 0. The third-order valence-electron chi connectivity index (χ3n) is 4.79. The maximum absolute atomic E-state index is 12.7. The highest BCUT2D eigenvalue weighted by Crippen LogP contribution is 2.27. The van der Waals surface area contributed by atoms with E-state index in [1.165, 1.54) is 37.8 Å². The zero-order valence-electron chi connectivity index (χ0n) is 17.2. The third-order valence-corrected chi connectivity index (χ3v) is 6.19. The molecule has 1 heterocycles. The standard InChI is InChI=1S/C21H27N3O5S/c1-16(25)23-20-13-19(7-8-21(20)28-2)30(26,27)22-14-17-3-5-18(6-4-17)15-24-9-11-29-12-10-24/h3-8,13,22H,9-12,14-15H2,1-2H3,(H,23,25). The molecule has 0 spiro atoms. The van der Waals surface area contributed by atoms with E-state index in [0.29, 0.717) is 11.4 Å². The van der Waals surface area contributed by atoms with Crippen LogP contribution in [0.4, 0.5) is 5.69 Å². The number of sulfonamides is 1. The zero-order chi connectivity index (χ0) is 21.6. The quantitative estimate of drug-likeness (QED) is 0.661. The van der Waals surface area contributed by atoms with Crippen LogP contribution in [-0.4, -0.2) is 52.6 Å². The van der Waals surface area contributed by atoms with Gasteiger partial charge in [-0.05, 0) is 29.3 Å². The topological polar surface area (TPSA) is 97.0 Å². The molecule has 1 fully saturated rings. The first-order valence-corrected chi connectivity index (χ1v) is 11.2. The van der Waals surface area contributed by atoms with Crippen LogP contribution < -0.4 is 14.8 Å². The van der Waals surface area contributed by atoms with Gasteiger partial charge in [0.25, 0.3) is 0 Å². The number of rotatable bonds is 8. The molecule has 2 aromatic rings. The number of benzene rings is 2. The summed E-state index contributed by atoms with van der Waals surface area (Å²) in [4.78, 5) is 13.7. The largest absolute Gasteiger partial charge is 0.495 e. The van der Waals surface area contributed by atoms with Gasteiger partial charge in [0.2, 0.25) is 15.9 Å². The maximum atomic E-state index is 12.7. The molecule has 0 saturated carbocycles. The summed E-state index contributed by atoms with van der Waals surface area (Å²) in [6.45, 7) is 5.73. The smallest absolute Gasteiger partial charge is 0.240 e. The van der Waals surface area contributed by atoms with E-state index in [0.717, 1.165) is 38.4 Å². The molecule has 2 N–H and O–H groups in total. The number of hydrogen-bond acceptors (Lipinski definition) is 6. The van der Waals surface area contributed by atoms with Crippen LogP contribution >= 0.6 is 0 Å². The first-order chi connectivity index (χ1) is 14.4. The highest BCUT2D eigenvalue weighted by molar-refractivity contribution is 7.89. The minimum absolute atomic E-state index is 0.0518. The van der Waals surface area contributed by atoms with Crippen LogP contribution in [0.2, 0.25) is 0 Å². The Morgan fingerprint density at radius 3 is 2.40 bits per heavy atom. The summed E-state index contributed by atoms with van der Waals surface area (Å²) in [6, 6.07) is 12.2. The molecule has 8 nitrogen and oxygen atoms in total. The van der Waals surface area contributed by atoms with E-state index in [1.807, 2.05) is 24.3 Å². The molecule has 0 aliphatic carbocycles. The van der Waals surface area contributed by atoms with Crippen LogP contribution in [0.3, 0.4) is 0 Å². The second-order valence-corrected chi connectivity index (χ2v) is 8.84. The van der Waals surface area contributed by atoms with Crippen molar-refractivity contribution in [1.29, 1.82) is 0 Å². The zero-order valence-corrected chi connectivity index (χ0v) is 18.0. The van der Waals surface area contributed by atoms with E-state index in [4.69, 9.17) is 9.47 Å². The molecule has 0 atom stereocenters. The number of nitrogens with zero attached hydrogens (tertiary/aromatic N) is 1. The molecular formula is C21H27N3O5S. The van der Waals surface area contributed by atoms with Crippen LogP contribution in [0.25, 0.3) is 0 Å². The lowest BCUT2D eigenvalue weighted by atomic mass is 10.1. The van der Waals surface area contributed by atoms with Gasteiger partial charge in [0.15, 0.2) is 0 Å². The Balaban J connectivity index is 1.63. The molecule has 1 saturated heterocycles. The molecule has 1 aliphatic rings. The molecule has 1 amide bonds. The van der Waals surface area contributed by atoms with Gasteiger partial charge in [-0.1, -0.05) is 24.3 Å². The van der Waals surface area contributed by atoms with Crippen molar-refractivity contribution in [2.24, 2.45) is 0 Å². The van der Waals surface area contributed by atoms with Crippen molar-refractivity contribution in [2.45, 2.75) is 24.9 Å². The fourth-order valence-corrected chi connectivity index (χ4v) is 4.23. The lowest BCUT2D eigenvalue weighted by Gasteiger charge is -2.26. The summed E-state index contributed by atoms with van der Waals surface area (Å²) in [5, 5.41) is 2.58. The lowest BCUT2D eigenvalue weighted by molar-refractivity contribution is -0.114. The Morgan fingerprint density at radius 2 is 1.77 bits per heavy atom. The molecule has 162 valence electrons. The Labute approximate surface area is 177 Å². The monoisotopic (exact) mass is 433 g/mol. The molecule has 0 radical (unpaired) electrons. The van der Waals surface area contributed by atoms with Gasteiger partial charge in [-0.15, -0.1) is 0 Å². The Bertz CT molecular complexity index is 971. The van der Waals surface area contributed by atoms with Crippen LogP contribution in [-0.2, 0) is 32.6 Å². The second-order valence-electron chi connectivity index (χ2n) is 7.07. The van der Waals surface area contributed by atoms with E-state index in [2.05, 4.69) is 14.9 Å². The predicted octanol–water partition coefficient (Wildman–Crippen LogP) is 1.96. The average molecular weight is 434 g/mol. The van der Waals surface area contributed by atoms with Crippen LogP contribution in [0, 0.1) is 0 Å². The second kappa shape index (κ2) is 10.0. The molecule has 0 bridgehead atoms. The first kappa shape index (κ1) is 22.2. The molecule has 30 heavy (non-hydrogen) atoms. The van der Waals surface area contributed by atoms with E-state index in [-0.39, 0.29) is 17.3 Å². The normalized spacial score (nSPS) is 15.0. The van der Waals surface area contributed by atoms with E-state index in [9.17, 15) is 13.2 Å². The summed E-state index contributed by atoms with van der Waals surface area (Å²) in [7, 11) is -2.30. The Morgan fingerprint density at radius 1 is 1.10 bits per heavy atom. The van der Waals surface area contributed by atoms with Gasteiger partial charge in [-0.2, -0.15) is 0 Å². The molecular weight excluding hydrogens is 406 g/mol. The molecule has 1 aliphatic heterocycles. The highest BCUT2D eigenvalue weighted by atomic mass is 32.2. The van der Waals surface area contributed by atoms with E-state index in [1.54, 1.807) is 0 Å². The number of anilines is 1. The van der Waals surface area contributed by atoms with Crippen molar-refractivity contribution in [3.05, 3.63) is 53.6 Å². The number of carbonyl (C=O) groups excluding carboxylic acids is 1. The number of hydrogen-bond donors (Lipinski definition) is 2. The predicted molar refractivity (Wildman–Crippen MR) is 114 cm³/mol. The van der Waals surface area contributed by atoms with Crippen LogP contribution in [0.1, 0.15) is 18.1 Å². The van der Waals surface area contributed by atoms with Gasteiger partial charge in [-0.25, -0.2) is 13.1 Å². The molecule has 2 aromatic carbocycles. The van der Waals surface area contributed by atoms with Crippen molar-refractivity contribution in [3.63, 3.8) is 0 Å². The van der Waals surface area contributed by atoms with Crippen LogP contribution in [0.15, 0.2) is 47.4 Å². The Hall–Kier alpha value is -2.46.